The van der Waals surface area contributed by atoms with Crippen molar-refractivity contribution in [1.82, 2.24) is 5.32 Å². The van der Waals surface area contributed by atoms with E-state index in [-0.39, 0.29) is 17.6 Å². The van der Waals surface area contributed by atoms with Gasteiger partial charge in [-0.1, -0.05) is 12.2 Å². The van der Waals surface area contributed by atoms with Gasteiger partial charge in [-0.25, -0.2) is 4.39 Å². The van der Waals surface area contributed by atoms with Gasteiger partial charge in [0.1, 0.15) is 5.82 Å². The molecule has 1 aromatic rings. The molecule has 1 atom stereocenters. The predicted octanol–water partition coefficient (Wildman–Crippen LogP) is 3.01. The van der Waals surface area contributed by atoms with Crippen LogP contribution in [0.5, 0.6) is 0 Å². The van der Waals surface area contributed by atoms with E-state index in [0.29, 0.717) is 10.0 Å². The zero-order chi connectivity index (χ0) is 13.1. The van der Waals surface area contributed by atoms with Crippen LogP contribution in [0.3, 0.4) is 0 Å². The summed E-state index contributed by atoms with van der Waals surface area (Å²) < 4.78 is 13.6. The average molecular weight is 313 g/mol. The molecule has 0 heterocycles. The highest BCUT2D eigenvalue weighted by Gasteiger charge is 2.17. The maximum Gasteiger partial charge on any atom is 0.252 e. The van der Waals surface area contributed by atoms with Crippen LogP contribution < -0.4 is 11.1 Å². The zero-order valence-corrected chi connectivity index (χ0v) is 11.3. The summed E-state index contributed by atoms with van der Waals surface area (Å²) >= 11 is 3.18. The number of nitrogen functional groups attached to an aromatic ring is 1. The molecule has 0 spiro atoms. The summed E-state index contributed by atoms with van der Waals surface area (Å²) in [5.41, 5.74) is 5.82. The summed E-state index contributed by atoms with van der Waals surface area (Å²) in [5, 5.41) is 2.92. The molecular weight excluding hydrogens is 299 g/mol. The second kappa shape index (κ2) is 5.52. The highest BCUT2D eigenvalue weighted by Crippen LogP contribution is 2.23. The van der Waals surface area contributed by atoms with Gasteiger partial charge in [-0.3, -0.25) is 4.79 Å². The first-order chi connectivity index (χ1) is 8.58. The topological polar surface area (TPSA) is 55.1 Å². The van der Waals surface area contributed by atoms with E-state index in [1.807, 2.05) is 0 Å². The van der Waals surface area contributed by atoms with Gasteiger partial charge in [0.15, 0.2) is 0 Å². The number of benzene rings is 1. The van der Waals surface area contributed by atoms with Crippen molar-refractivity contribution in [2.24, 2.45) is 0 Å². The fourth-order valence-corrected chi connectivity index (χ4v) is 2.42. The van der Waals surface area contributed by atoms with Crippen molar-refractivity contribution >= 4 is 27.5 Å². The van der Waals surface area contributed by atoms with Gasteiger partial charge in [-0.15, -0.1) is 0 Å². The molecule has 5 heteroatoms. The number of carbonyl (C=O) groups is 1. The highest BCUT2D eigenvalue weighted by molar-refractivity contribution is 9.10. The van der Waals surface area contributed by atoms with Crippen LogP contribution in [0, 0.1) is 5.82 Å². The molecule has 1 unspecified atom stereocenters. The predicted molar refractivity (Wildman–Crippen MR) is 72.8 cm³/mol. The zero-order valence-electron chi connectivity index (χ0n) is 9.75. The van der Waals surface area contributed by atoms with E-state index in [0.717, 1.165) is 19.3 Å². The molecule has 0 fully saturated rings. The van der Waals surface area contributed by atoms with Gasteiger partial charge in [-0.05, 0) is 47.3 Å². The van der Waals surface area contributed by atoms with Crippen molar-refractivity contribution in [3.8, 4) is 0 Å². The number of rotatable bonds is 2. The number of nitrogens with two attached hydrogens (primary N) is 1. The van der Waals surface area contributed by atoms with Crippen molar-refractivity contribution in [2.45, 2.75) is 25.3 Å². The molecule has 0 saturated carbocycles. The molecule has 0 saturated heterocycles. The Hall–Kier alpha value is -1.36. The Balaban J connectivity index is 2.13. The molecule has 1 aliphatic carbocycles. The second-order valence-corrected chi connectivity index (χ2v) is 5.16. The Morgan fingerprint density at radius 3 is 2.89 bits per heavy atom. The van der Waals surface area contributed by atoms with Crippen LogP contribution in [0.15, 0.2) is 28.8 Å². The SMILES string of the molecule is Nc1cc(C(=O)NC2CC=CCC2)c(Br)cc1F. The Labute approximate surface area is 113 Å². The number of hydrogen-bond donors (Lipinski definition) is 2. The fraction of sp³-hybridized carbons (Fsp3) is 0.308. The van der Waals surface area contributed by atoms with E-state index in [9.17, 15) is 9.18 Å². The number of nitrogens with one attached hydrogen (secondary N) is 1. The van der Waals surface area contributed by atoms with Crippen LogP contribution in [0.1, 0.15) is 29.6 Å². The van der Waals surface area contributed by atoms with Crippen LogP contribution in [-0.2, 0) is 0 Å². The standard InChI is InChI=1S/C13H14BrFN2O/c14-10-7-11(15)12(16)6-9(10)13(18)17-8-4-2-1-3-5-8/h1-2,6-8H,3-5,16H2,(H,17,18). The largest absolute Gasteiger partial charge is 0.396 e. The highest BCUT2D eigenvalue weighted by atomic mass is 79.9. The number of amides is 1. The number of carbonyl (C=O) groups excluding carboxylic acids is 1. The lowest BCUT2D eigenvalue weighted by atomic mass is 10.0. The van der Waals surface area contributed by atoms with Gasteiger partial charge in [-0.2, -0.15) is 0 Å². The number of allylic oxidation sites excluding steroid dienone is 1. The molecule has 2 rings (SSSR count). The molecule has 18 heavy (non-hydrogen) atoms. The van der Waals surface area contributed by atoms with Crippen molar-refractivity contribution in [2.75, 3.05) is 5.73 Å². The lowest BCUT2D eigenvalue weighted by Gasteiger charge is -2.19. The molecule has 0 aliphatic heterocycles. The van der Waals surface area contributed by atoms with Crippen molar-refractivity contribution in [3.63, 3.8) is 0 Å². The molecule has 3 N–H and O–H groups in total. The van der Waals surface area contributed by atoms with Gasteiger partial charge >= 0.3 is 0 Å². The summed E-state index contributed by atoms with van der Waals surface area (Å²) in [7, 11) is 0. The molecule has 1 aliphatic rings. The molecular formula is C13H14BrFN2O. The molecule has 1 aromatic carbocycles. The Morgan fingerprint density at radius 2 is 2.22 bits per heavy atom. The van der Waals surface area contributed by atoms with Crippen LogP contribution in [0.25, 0.3) is 0 Å². The van der Waals surface area contributed by atoms with Crippen LogP contribution in [0.2, 0.25) is 0 Å². The third-order valence-corrected chi connectivity index (χ3v) is 3.59. The van der Waals surface area contributed by atoms with E-state index < -0.39 is 5.82 Å². The van der Waals surface area contributed by atoms with Gasteiger partial charge in [0, 0.05) is 10.5 Å². The van der Waals surface area contributed by atoms with Crippen LogP contribution in [-0.4, -0.2) is 11.9 Å². The summed E-state index contributed by atoms with van der Waals surface area (Å²) in [6.45, 7) is 0. The quantitative estimate of drug-likeness (QED) is 0.651. The lowest BCUT2D eigenvalue weighted by molar-refractivity contribution is 0.0934. The first kappa shape index (κ1) is 13.1. The minimum Gasteiger partial charge on any atom is -0.396 e. The molecule has 96 valence electrons. The van der Waals surface area contributed by atoms with Gasteiger partial charge in [0.2, 0.25) is 0 Å². The Bertz CT molecular complexity index is 502. The lowest BCUT2D eigenvalue weighted by Crippen LogP contribution is -2.35. The minimum atomic E-state index is -0.529. The summed E-state index contributed by atoms with van der Waals surface area (Å²) in [5.74, 6) is -0.757. The molecule has 0 radical (unpaired) electrons. The summed E-state index contributed by atoms with van der Waals surface area (Å²) in [4.78, 5) is 12.1. The Kier molecular flexibility index (Phi) is 4.01. The van der Waals surface area contributed by atoms with Gasteiger partial charge < -0.3 is 11.1 Å². The fourth-order valence-electron chi connectivity index (χ4n) is 1.93. The summed E-state index contributed by atoms with van der Waals surface area (Å²) in [6, 6.07) is 2.71. The maximum absolute atomic E-state index is 13.2. The average Bonchev–Trinajstić information content (AvgIpc) is 2.35. The van der Waals surface area contributed by atoms with Crippen molar-refractivity contribution < 1.29 is 9.18 Å². The van der Waals surface area contributed by atoms with Crippen LogP contribution in [0.4, 0.5) is 10.1 Å². The van der Waals surface area contributed by atoms with E-state index in [1.165, 1.54) is 12.1 Å². The van der Waals surface area contributed by atoms with Crippen LogP contribution >= 0.6 is 15.9 Å². The van der Waals surface area contributed by atoms with Crippen molar-refractivity contribution in [1.29, 1.82) is 0 Å². The van der Waals surface area contributed by atoms with Gasteiger partial charge in [0.05, 0.1) is 11.3 Å². The first-order valence-corrected chi connectivity index (χ1v) is 6.57. The third kappa shape index (κ3) is 2.90. The van der Waals surface area contributed by atoms with E-state index in [1.54, 1.807) is 0 Å². The number of hydrogen-bond acceptors (Lipinski definition) is 2. The van der Waals surface area contributed by atoms with E-state index in [4.69, 9.17) is 5.73 Å². The third-order valence-electron chi connectivity index (χ3n) is 2.94. The first-order valence-electron chi connectivity index (χ1n) is 5.78. The summed E-state index contributed by atoms with van der Waals surface area (Å²) in [6.07, 6.45) is 6.89. The smallest absolute Gasteiger partial charge is 0.252 e. The van der Waals surface area contributed by atoms with Gasteiger partial charge in [0.25, 0.3) is 5.91 Å². The van der Waals surface area contributed by atoms with E-state index in [2.05, 4.69) is 33.4 Å². The normalized spacial score (nSPS) is 18.7. The number of anilines is 1. The molecule has 0 aromatic heterocycles. The molecule has 0 bridgehead atoms. The monoisotopic (exact) mass is 312 g/mol. The molecule has 1 amide bonds. The second-order valence-electron chi connectivity index (χ2n) is 4.31. The maximum atomic E-state index is 13.2. The minimum absolute atomic E-state index is 0.0214. The van der Waals surface area contributed by atoms with E-state index >= 15 is 0 Å². The Morgan fingerprint density at radius 1 is 1.44 bits per heavy atom. The van der Waals surface area contributed by atoms with Crippen molar-refractivity contribution in [3.05, 3.63) is 40.1 Å². The molecule has 3 nitrogen and oxygen atoms in total. The number of halogens is 2.